The molecule has 0 saturated heterocycles. The third-order valence-electron chi connectivity index (χ3n) is 2.81. The molecule has 0 fully saturated rings. The Balaban J connectivity index is 2.95. The molecule has 1 rings (SSSR count). The Hall–Kier alpha value is -2.22. The van der Waals surface area contributed by atoms with Crippen LogP contribution in [0.25, 0.3) is 0 Å². The van der Waals surface area contributed by atoms with E-state index in [0.29, 0.717) is 16.9 Å². The smallest absolute Gasteiger partial charge is 0.337 e. The lowest BCUT2D eigenvalue weighted by Gasteiger charge is -2.18. The Morgan fingerprint density at radius 2 is 2.17 bits per heavy atom. The van der Waals surface area contributed by atoms with Gasteiger partial charge in [0, 0.05) is 6.04 Å². The fraction of sp³-hybridized carbons (Fsp3) is 0.385. The van der Waals surface area contributed by atoms with Gasteiger partial charge in [-0.25, -0.2) is 4.79 Å². The SMILES string of the molecule is COC(=O)c1ccc(N)c(NC(C)C(C)C#N)c1. The number of esters is 1. The summed E-state index contributed by atoms with van der Waals surface area (Å²) in [5.74, 6) is -0.579. The zero-order chi connectivity index (χ0) is 13.7. The Labute approximate surface area is 107 Å². The van der Waals surface area contributed by atoms with Crippen molar-refractivity contribution in [1.82, 2.24) is 0 Å². The van der Waals surface area contributed by atoms with Crippen molar-refractivity contribution in [1.29, 1.82) is 5.26 Å². The molecule has 0 saturated carbocycles. The molecule has 1 aromatic rings. The van der Waals surface area contributed by atoms with E-state index in [1.54, 1.807) is 18.2 Å². The van der Waals surface area contributed by atoms with Gasteiger partial charge in [-0.1, -0.05) is 0 Å². The fourth-order valence-electron chi connectivity index (χ4n) is 1.41. The van der Waals surface area contributed by atoms with Crippen molar-refractivity contribution >= 4 is 17.3 Å². The van der Waals surface area contributed by atoms with Crippen molar-refractivity contribution in [2.24, 2.45) is 5.92 Å². The number of hydrogen-bond donors (Lipinski definition) is 2. The van der Waals surface area contributed by atoms with Crippen LogP contribution in [-0.2, 0) is 4.74 Å². The Morgan fingerprint density at radius 1 is 1.50 bits per heavy atom. The quantitative estimate of drug-likeness (QED) is 0.627. The minimum Gasteiger partial charge on any atom is -0.465 e. The molecule has 1 aromatic carbocycles. The van der Waals surface area contributed by atoms with Gasteiger partial charge >= 0.3 is 5.97 Å². The van der Waals surface area contributed by atoms with Crippen LogP contribution < -0.4 is 11.1 Å². The molecule has 18 heavy (non-hydrogen) atoms. The number of benzene rings is 1. The number of nitriles is 1. The van der Waals surface area contributed by atoms with Crippen LogP contribution in [0.3, 0.4) is 0 Å². The summed E-state index contributed by atoms with van der Waals surface area (Å²) in [6.45, 7) is 3.70. The maximum absolute atomic E-state index is 11.4. The summed E-state index contributed by atoms with van der Waals surface area (Å²) in [6, 6.07) is 6.96. The molecule has 0 heterocycles. The van der Waals surface area contributed by atoms with E-state index in [1.807, 2.05) is 13.8 Å². The first-order chi connectivity index (χ1) is 8.49. The number of anilines is 2. The summed E-state index contributed by atoms with van der Waals surface area (Å²) < 4.78 is 4.64. The van der Waals surface area contributed by atoms with Crippen LogP contribution in [0.2, 0.25) is 0 Å². The van der Waals surface area contributed by atoms with E-state index in [4.69, 9.17) is 11.0 Å². The third-order valence-corrected chi connectivity index (χ3v) is 2.81. The van der Waals surface area contributed by atoms with E-state index in [9.17, 15) is 4.79 Å². The van der Waals surface area contributed by atoms with Crippen LogP contribution in [0.5, 0.6) is 0 Å². The second-order valence-corrected chi connectivity index (χ2v) is 4.14. The molecular weight excluding hydrogens is 230 g/mol. The number of hydrogen-bond acceptors (Lipinski definition) is 5. The van der Waals surface area contributed by atoms with Gasteiger partial charge in [-0.2, -0.15) is 5.26 Å². The average molecular weight is 247 g/mol. The van der Waals surface area contributed by atoms with E-state index in [0.717, 1.165) is 0 Å². The predicted molar refractivity (Wildman–Crippen MR) is 70.1 cm³/mol. The summed E-state index contributed by atoms with van der Waals surface area (Å²) >= 11 is 0. The molecule has 5 nitrogen and oxygen atoms in total. The molecule has 3 N–H and O–H groups in total. The van der Waals surface area contributed by atoms with Crippen molar-refractivity contribution in [2.75, 3.05) is 18.2 Å². The molecule has 0 spiro atoms. The van der Waals surface area contributed by atoms with Gasteiger partial charge in [-0.15, -0.1) is 0 Å². The monoisotopic (exact) mass is 247 g/mol. The van der Waals surface area contributed by atoms with Gasteiger partial charge in [-0.05, 0) is 32.0 Å². The van der Waals surface area contributed by atoms with Gasteiger partial charge in [0.2, 0.25) is 0 Å². The van der Waals surface area contributed by atoms with E-state index >= 15 is 0 Å². The summed E-state index contributed by atoms with van der Waals surface area (Å²) in [5, 5.41) is 12.0. The van der Waals surface area contributed by atoms with Gasteiger partial charge in [0.1, 0.15) is 0 Å². The number of nitrogens with one attached hydrogen (secondary N) is 1. The summed E-state index contributed by atoms with van der Waals surface area (Å²) in [4.78, 5) is 11.4. The van der Waals surface area contributed by atoms with Gasteiger partial charge in [0.15, 0.2) is 0 Å². The first kappa shape index (κ1) is 13.8. The maximum Gasteiger partial charge on any atom is 0.337 e. The van der Waals surface area contributed by atoms with Crippen LogP contribution in [0.4, 0.5) is 11.4 Å². The second kappa shape index (κ2) is 5.92. The number of nitrogens with two attached hydrogens (primary N) is 1. The number of ether oxygens (including phenoxy) is 1. The molecule has 0 bridgehead atoms. The highest BCUT2D eigenvalue weighted by Gasteiger charge is 2.14. The van der Waals surface area contributed by atoms with Gasteiger partial charge < -0.3 is 15.8 Å². The number of carbonyl (C=O) groups is 1. The molecule has 96 valence electrons. The lowest BCUT2D eigenvalue weighted by Crippen LogP contribution is -2.23. The molecule has 0 amide bonds. The van der Waals surface area contributed by atoms with Crippen LogP contribution in [0.1, 0.15) is 24.2 Å². The maximum atomic E-state index is 11.4. The highest BCUT2D eigenvalue weighted by atomic mass is 16.5. The first-order valence-corrected chi connectivity index (χ1v) is 5.63. The normalized spacial score (nSPS) is 13.2. The predicted octanol–water partition coefficient (Wildman–Crippen LogP) is 2.02. The molecule has 2 unspecified atom stereocenters. The largest absolute Gasteiger partial charge is 0.465 e. The Kier molecular flexibility index (Phi) is 4.55. The molecular formula is C13H17N3O2. The number of carbonyl (C=O) groups excluding carboxylic acids is 1. The van der Waals surface area contributed by atoms with E-state index in [1.165, 1.54) is 7.11 Å². The highest BCUT2D eigenvalue weighted by Crippen LogP contribution is 2.22. The lowest BCUT2D eigenvalue weighted by atomic mass is 10.0. The third kappa shape index (κ3) is 3.14. The van der Waals surface area contributed by atoms with Gasteiger partial charge in [0.05, 0.1) is 36.0 Å². The van der Waals surface area contributed by atoms with E-state index in [2.05, 4.69) is 16.1 Å². The Bertz CT molecular complexity index is 480. The van der Waals surface area contributed by atoms with Crippen LogP contribution >= 0.6 is 0 Å². The highest BCUT2D eigenvalue weighted by molar-refractivity contribution is 5.91. The van der Waals surface area contributed by atoms with Crippen LogP contribution in [-0.4, -0.2) is 19.1 Å². The molecule has 0 aromatic heterocycles. The van der Waals surface area contributed by atoms with Crippen molar-refractivity contribution in [3.8, 4) is 6.07 Å². The first-order valence-electron chi connectivity index (χ1n) is 5.63. The number of nitrogen functional groups attached to an aromatic ring is 1. The summed E-state index contributed by atoms with van der Waals surface area (Å²) in [5.41, 5.74) is 7.41. The minimum atomic E-state index is -0.418. The fourth-order valence-corrected chi connectivity index (χ4v) is 1.41. The van der Waals surface area contributed by atoms with Crippen LogP contribution in [0.15, 0.2) is 18.2 Å². The zero-order valence-corrected chi connectivity index (χ0v) is 10.7. The van der Waals surface area contributed by atoms with Crippen molar-refractivity contribution in [3.05, 3.63) is 23.8 Å². The Morgan fingerprint density at radius 3 is 2.72 bits per heavy atom. The van der Waals surface area contributed by atoms with Crippen LogP contribution in [0, 0.1) is 17.2 Å². The number of methoxy groups -OCH3 is 1. The molecule has 2 atom stereocenters. The summed E-state index contributed by atoms with van der Waals surface area (Å²) in [7, 11) is 1.33. The molecule has 0 aliphatic heterocycles. The van der Waals surface area contributed by atoms with Crippen molar-refractivity contribution in [3.63, 3.8) is 0 Å². The average Bonchev–Trinajstić information content (AvgIpc) is 2.39. The zero-order valence-electron chi connectivity index (χ0n) is 10.7. The van der Waals surface area contributed by atoms with Gasteiger partial charge in [-0.3, -0.25) is 0 Å². The summed E-state index contributed by atoms with van der Waals surface area (Å²) in [6.07, 6.45) is 0. The second-order valence-electron chi connectivity index (χ2n) is 4.14. The number of rotatable bonds is 4. The van der Waals surface area contributed by atoms with E-state index in [-0.39, 0.29) is 12.0 Å². The molecule has 5 heteroatoms. The molecule has 0 aliphatic carbocycles. The van der Waals surface area contributed by atoms with Crippen molar-refractivity contribution < 1.29 is 9.53 Å². The van der Waals surface area contributed by atoms with E-state index < -0.39 is 5.97 Å². The number of nitrogens with zero attached hydrogens (tertiary/aromatic N) is 1. The minimum absolute atomic E-state index is 0.0646. The molecule has 0 aliphatic rings. The van der Waals surface area contributed by atoms with Gasteiger partial charge in [0.25, 0.3) is 0 Å². The standard InChI is InChI=1S/C13H17N3O2/c1-8(7-14)9(2)16-12-6-10(13(17)18-3)4-5-11(12)15/h4-6,8-9,16H,15H2,1-3H3. The topological polar surface area (TPSA) is 88.1 Å². The van der Waals surface area contributed by atoms with Crippen molar-refractivity contribution in [2.45, 2.75) is 19.9 Å². The lowest BCUT2D eigenvalue weighted by molar-refractivity contribution is 0.0601. The molecule has 0 radical (unpaired) electrons.